The van der Waals surface area contributed by atoms with E-state index in [-0.39, 0.29) is 11.3 Å². The van der Waals surface area contributed by atoms with E-state index in [0.29, 0.717) is 5.01 Å². The van der Waals surface area contributed by atoms with Gasteiger partial charge in [0.05, 0.1) is 5.01 Å². The van der Waals surface area contributed by atoms with Crippen LogP contribution < -0.4 is 0 Å². The highest BCUT2D eigenvalue weighted by molar-refractivity contribution is 7.11. The summed E-state index contributed by atoms with van der Waals surface area (Å²) in [5, 5.41) is 0.431. The lowest BCUT2D eigenvalue weighted by atomic mass is 10.3. The molecule has 0 aliphatic rings. The van der Waals surface area contributed by atoms with Gasteiger partial charge in [0.25, 0.3) is 0 Å². The Morgan fingerprint density at radius 1 is 1.50 bits per heavy atom. The predicted octanol–water partition coefficient (Wildman–Crippen LogP) is 2.85. The highest BCUT2D eigenvalue weighted by atomic mass is 32.1. The standard InChI is InChI=1S/C7H7F3NS/c1-3-5-6(7(8,9)10)11-4(2)12-5/h1,3H2,2H3. The number of rotatable bonds is 1. The lowest BCUT2D eigenvalue weighted by Crippen LogP contribution is -2.08. The van der Waals surface area contributed by atoms with Crippen LogP contribution in [0.5, 0.6) is 0 Å². The first-order chi connectivity index (χ1) is 5.45. The Labute approximate surface area is 72.2 Å². The van der Waals surface area contributed by atoms with Crippen molar-refractivity contribution in [1.29, 1.82) is 0 Å². The SMILES string of the molecule is [CH2]Cc1sc(C)nc1C(F)(F)F. The molecule has 1 heterocycles. The maximum absolute atomic E-state index is 12.2. The second kappa shape index (κ2) is 3.05. The molecule has 0 saturated heterocycles. The Balaban J connectivity index is 3.13. The summed E-state index contributed by atoms with van der Waals surface area (Å²) in [4.78, 5) is 3.61. The maximum atomic E-state index is 12.2. The molecule has 0 aliphatic heterocycles. The number of alkyl halides is 3. The molecule has 0 bridgehead atoms. The molecule has 0 atom stereocenters. The minimum absolute atomic E-state index is 0.139. The molecule has 1 rings (SSSR count). The number of nitrogens with zero attached hydrogens (tertiary/aromatic N) is 1. The average Bonchev–Trinajstić information content (AvgIpc) is 2.29. The van der Waals surface area contributed by atoms with Crippen molar-refractivity contribution in [2.24, 2.45) is 0 Å². The minimum atomic E-state index is -4.34. The Morgan fingerprint density at radius 3 is 2.42 bits per heavy atom. The van der Waals surface area contributed by atoms with Gasteiger partial charge in [0.2, 0.25) is 0 Å². The summed E-state index contributed by atoms with van der Waals surface area (Å²) in [6, 6.07) is 0. The van der Waals surface area contributed by atoms with E-state index >= 15 is 0 Å². The Hall–Kier alpha value is -0.580. The van der Waals surface area contributed by atoms with E-state index < -0.39 is 11.9 Å². The monoisotopic (exact) mass is 194 g/mol. The zero-order valence-corrected chi connectivity index (χ0v) is 7.22. The van der Waals surface area contributed by atoms with Crippen molar-refractivity contribution >= 4 is 11.3 Å². The van der Waals surface area contributed by atoms with E-state index in [1.165, 1.54) is 0 Å². The van der Waals surface area contributed by atoms with Crippen LogP contribution >= 0.6 is 11.3 Å². The number of halogens is 3. The van der Waals surface area contributed by atoms with Gasteiger partial charge in [-0.2, -0.15) is 13.2 Å². The van der Waals surface area contributed by atoms with Gasteiger partial charge in [0.15, 0.2) is 5.69 Å². The average molecular weight is 194 g/mol. The van der Waals surface area contributed by atoms with Gasteiger partial charge >= 0.3 is 6.18 Å². The van der Waals surface area contributed by atoms with Crippen LogP contribution in [0.2, 0.25) is 0 Å². The van der Waals surface area contributed by atoms with Crippen molar-refractivity contribution in [3.8, 4) is 0 Å². The molecule has 0 spiro atoms. The Bertz CT molecular complexity index is 277. The third-order valence-corrected chi connectivity index (χ3v) is 2.33. The fourth-order valence-electron chi connectivity index (χ4n) is 0.860. The van der Waals surface area contributed by atoms with Gasteiger partial charge < -0.3 is 0 Å². The van der Waals surface area contributed by atoms with Crippen LogP contribution in [0.1, 0.15) is 15.6 Å². The summed E-state index contributed by atoms with van der Waals surface area (Å²) < 4.78 is 36.5. The molecule has 5 heteroatoms. The van der Waals surface area contributed by atoms with E-state index in [1.54, 1.807) is 6.92 Å². The van der Waals surface area contributed by atoms with E-state index in [2.05, 4.69) is 11.9 Å². The molecule has 1 radical (unpaired) electrons. The molecular weight excluding hydrogens is 187 g/mol. The van der Waals surface area contributed by atoms with Crippen molar-refractivity contribution in [3.63, 3.8) is 0 Å². The highest BCUT2D eigenvalue weighted by Gasteiger charge is 2.36. The number of hydrogen-bond acceptors (Lipinski definition) is 2. The van der Waals surface area contributed by atoms with Crippen LogP contribution in [0.15, 0.2) is 0 Å². The second-order valence-electron chi connectivity index (χ2n) is 2.25. The largest absolute Gasteiger partial charge is 0.434 e. The first-order valence-electron chi connectivity index (χ1n) is 3.28. The zero-order chi connectivity index (χ0) is 9.35. The molecule has 1 aromatic heterocycles. The van der Waals surface area contributed by atoms with Crippen molar-refractivity contribution < 1.29 is 13.2 Å². The van der Waals surface area contributed by atoms with Crippen LogP contribution in [0.4, 0.5) is 13.2 Å². The van der Waals surface area contributed by atoms with Gasteiger partial charge in [0.1, 0.15) is 0 Å². The van der Waals surface area contributed by atoms with Crippen LogP contribution in [0, 0.1) is 13.8 Å². The molecule has 0 fully saturated rings. The Kier molecular flexibility index (Phi) is 2.41. The van der Waals surface area contributed by atoms with Crippen molar-refractivity contribution in [1.82, 2.24) is 4.98 Å². The normalized spacial score (nSPS) is 12.1. The number of hydrogen-bond donors (Lipinski definition) is 0. The third kappa shape index (κ3) is 1.77. The lowest BCUT2D eigenvalue weighted by Gasteiger charge is -2.03. The van der Waals surface area contributed by atoms with Crippen LogP contribution in [0.3, 0.4) is 0 Å². The summed E-state index contributed by atoms with van der Waals surface area (Å²) in [5.41, 5.74) is -0.778. The number of aromatic nitrogens is 1. The van der Waals surface area contributed by atoms with Gasteiger partial charge in [-0.25, -0.2) is 4.98 Å². The summed E-state index contributed by atoms with van der Waals surface area (Å²) in [5.74, 6) is 0. The molecule has 0 saturated carbocycles. The van der Waals surface area contributed by atoms with Gasteiger partial charge in [-0.05, 0) is 20.3 Å². The fourth-order valence-corrected chi connectivity index (χ4v) is 1.71. The second-order valence-corrected chi connectivity index (χ2v) is 3.54. The van der Waals surface area contributed by atoms with Gasteiger partial charge in [-0.1, -0.05) is 0 Å². The molecule has 67 valence electrons. The summed E-state index contributed by atoms with van der Waals surface area (Å²) in [6.07, 6.45) is -4.20. The van der Waals surface area contributed by atoms with E-state index in [1.807, 2.05) is 0 Å². The Morgan fingerprint density at radius 2 is 2.08 bits per heavy atom. The van der Waals surface area contributed by atoms with Crippen molar-refractivity contribution in [2.45, 2.75) is 19.5 Å². The number of thiazole rings is 1. The van der Waals surface area contributed by atoms with Crippen molar-refractivity contribution in [3.05, 3.63) is 22.5 Å². The number of aryl methyl sites for hydroxylation is 1. The molecule has 1 aromatic rings. The smallest absolute Gasteiger partial charge is 0.237 e. The zero-order valence-electron chi connectivity index (χ0n) is 6.40. The first kappa shape index (κ1) is 9.51. The minimum Gasteiger partial charge on any atom is -0.237 e. The maximum Gasteiger partial charge on any atom is 0.434 e. The highest BCUT2D eigenvalue weighted by Crippen LogP contribution is 2.34. The molecule has 1 nitrogen and oxygen atoms in total. The quantitative estimate of drug-likeness (QED) is 0.669. The van der Waals surface area contributed by atoms with Gasteiger partial charge in [-0.15, -0.1) is 11.3 Å². The first-order valence-corrected chi connectivity index (χ1v) is 4.09. The van der Waals surface area contributed by atoms with Crippen LogP contribution in [-0.4, -0.2) is 4.98 Å². The van der Waals surface area contributed by atoms with E-state index in [9.17, 15) is 13.2 Å². The summed E-state index contributed by atoms with van der Waals surface area (Å²) in [6.45, 7) is 4.97. The molecule has 0 aromatic carbocycles. The van der Waals surface area contributed by atoms with E-state index in [4.69, 9.17) is 0 Å². The lowest BCUT2D eigenvalue weighted by molar-refractivity contribution is -0.141. The fraction of sp³-hybridized carbons (Fsp3) is 0.429. The molecular formula is C7H7F3NS. The third-order valence-electron chi connectivity index (χ3n) is 1.30. The topological polar surface area (TPSA) is 12.9 Å². The van der Waals surface area contributed by atoms with Crippen molar-refractivity contribution in [2.75, 3.05) is 0 Å². The predicted molar refractivity (Wildman–Crippen MR) is 40.9 cm³/mol. The molecule has 0 amide bonds. The van der Waals surface area contributed by atoms with Crippen LogP contribution in [-0.2, 0) is 12.6 Å². The molecule has 0 aliphatic carbocycles. The van der Waals surface area contributed by atoms with Gasteiger partial charge in [-0.3, -0.25) is 0 Å². The summed E-state index contributed by atoms with van der Waals surface area (Å²) in [7, 11) is 0. The molecule has 0 unspecified atom stereocenters. The van der Waals surface area contributed by atoms with Gasteiger partial charge in [0, 0.05) is 4.88 Å². The molecule has 12 heavy (non-hydrogen) atoms. The molecule has 0 N–H and O–H groups in total. The summed E-state index contributed by atoms with van der Waals surface area (Å²) >= 11 is 1.05. The van der Waals surface area contributed by atoms with Crippen LogP contribution in [0.25, 0.3) is 0 Å². The van der Waals surface area contributed by atoms with E-state index in [0.717, 1.165) is 11.3 Å².